The summed E-state index contributed by atoms with van der Waals surface area (Å²) in [6.07, 6.45) is 2.39. The third-order valence-corrected chi connectivity index (χ3v) is 3.60. The Hall–Kier alpha value is -2.22. The van der Waals surface area contributed by atoms with Crippen LogP contribution in [-0.4, -0.2) is 26.8 Å². The van der Waals surface area contributed by atoms with Crippen LogP contribution in [0.1, 0.15) is 45.7 Å². The van der Waals surface area contributed by atoms with Gasteiger partial charge in [0, 0.05) is 13.3 Å². The number of aromatic nitrogens is 2. The minimum absolute atomic E-state index is 0.127. The molecule has 7 nitrogen and oxygen atoms in total. The van der Waals surface area contributed by atoms with Gasteiger partial charge >= 0.3 is 5.97 Å². The lowest BCUT2D eigenvalue weighted by Crippen LogP contribution is -2.04. The monoisotopic (exact) mass is 295 g/mol. The van der Waals surface area contributed by atoms with Crippen LogP contribution in [0.5, 0.6) is 0 Å². The molecular weight excluding hydrogens is 282 g/mol. The second kappa shape index (κ2) is 5.83. The molecule has 2 aromatic rings. The molecule has 0 fully saturated rings. The molecule has 0 atom stereocenters. The number of ketones is 1. The molecule has 0 aromatic carbocycles. The first kappa shape index (κ1) is 14.2. The van der Waals surface area contributed by atoms with Gasteiger partial charge in [-0.3, -0.25) is 4.79 Å². The third kappa shape index (κ3) is 3.02. The number of rotatable bonds is 6. The van der Waals surface area contributed by atoms with Gasteiger partial charge < -0.3 is 14.8 Å². The average molecular weight is 295 g/mol. The Kier molecular flexibility index (Phi) is 4.14. The number of carbonyl (C=O) groups excluding carboxylic acids is 1. The Balaban J connectivity index is 2.11. The number of carbonyl (C=O) groups is 2. The number of nitrogens with zero attached hydrogens (tertiary/aromatic N) is 2. The molecule has 0 spiro atoms. The summed E-state index contributed by atoms with van der Waals surface area (Å²) < 4.78 is 5.41. The molecule has 2 N–H and O–H groups in total. The summed E-state index contributed by atoms with van der Waals surface area (Å²) in [6, 6.07) is 0. The molecule has 0 saturated heterocycles. The van der Waals surface area contributed by atoms with Crippen molar-refractivity contribution in [3.8, 4) is 0 Å². The molecule has 106 valence electrons. The maximum atomic E-state index is 11.3. The standard InChI is InChI=1S/C12H13N3O4S/c1-3-7-4-13-8(19-7)5-14-12-15-9(11(17)18)10(20-12)6(2)16/h4H,3,5H2,1-2H3,(H,14,15)(H,17,18). The Morgan fingerprint density at radius 2 is 2.25 bits per heavy atom. The molecule has 0 amide bonds. The Morgan fingerprint density at radius 1 is 1.50 bits per heavy atom. The number of hydrogen-bond acceptors (Lipinski definition) is 7. The summed E-state index contributed by atoms with van der Waals surface area (Å²) in [5.74, 6) is -0.281. The normalized spacial score (nSPS) is 10.5. The number of oxazole rings is 1. The third-order valence-electron chi connectivity index (χ3n) is 2.49. The Labute approximate surface area is 118 Å². The highest BCUT2D eigenvalue weighted by atomic mass is 32.1. The fraction of sp³-hybridized carbons (Fsp3) is 0.333. The Bertz CT molecular complexity index is 615. The van der Waals surface area contributed by atoms with Gasteiger partial charge in [0.1, 0.15) is 10.6 Å². The van der Waals surface area contributed by atoms with E-state index >= 15 is 0 Å². The highest BCUT2D eigenvalue weighted by Gasteiger charge is 2.20. The van der Waals surface area contributed by atoms with Gasteiger partial charge in [0.15, 0.2) is 16.6 Å². The zero-order valence-electron chi connectivity index (χ0n) is 11.0. The van der Waals surface area contributed by atoms with Crippen LogP contribution >= 0.6 is 11.3 Å². The van der Waals surface area contributed by atoms with E-state index < -0.39 is 5.97 Å². The van der Waals surface area contributed by atoms with Gasteiger partial charge in [-0.2, -0.15) is 0 Å². The number of thiazole rings is 1. The van der Waals surface area contributed by atoms with E-state index in [2.05, 4.69) is 15.3 Å². The van der Waals surface area contributed by atoms with Crippen molar-refractivity contribution in [3.63, 3.8) is 0 Å². The van der Waals surface area contributed by atoms with Crippen molar-refractivity contribution in [1.82, 2.24) is 9.97 Å². The minimum Gasteiger partial charge on any atom is -0.476 e. The molecule has 2 heterocycles. The van der Waals surface area contributed by atoms with Crippen molar-refractivity contribution in [2.24, 2.45) is 0 Å². The highest BCUT2D eigenvalue weighted by Crippen LogP contribution is 2.24. The van der Waals surface area contributed by atoms with Gasteiger partial charge in [-0.05, 0) is 0 Å². The Morgan fingerprint density at radius 3 is 2.75 bits per heavy atom. The molecule has 0 aliphatic rings. The summed E-state index contributed by atoms with van der Waals surface area (Å²) in [5.41, 5.74) is -0.230. The summed E-state index contributed by atoms with van der Waals surface area (Å²) in [5, 5.41) is 12.2. The maximum absolute atomic E-state index is 11.3. The largest absolute Gasteiger partial charge is 0.476 e. The number of Topliss-reactive ketones (excluding diaryl/α,β-unsaturated/α-hetero) is 1. The van der Waals surface area contributed by atoms with Gasteiger partial charge in [-0.15, -0.1) is 0 Å². The van der Waals surface area contributed by atoms with Crippen molar-refractivity contribution < 1.29 is 19.1 Å². The number of nitrogens with one attached hydrogen (secondary N) is 1. The molecule has 2 rings (SSSR count). The van der Waals surface area contributed by atoms with Crippen molar-refractivity contribution in [2.45, 2.75) is 26.8 Å². The second-order valence-electron chi connectivity index (χ2n) is 3.99. The first-order chi connectivity index (χ1) is 9.51. The lowest BCUT2D eigenvalue weighted by Gasteiger charge is -1.97. The molecular formula is C12H13N3O4S. The van der Waals surface area contributed by atoms with E-state index in [1.54, 1.807) is 6.20 Å². The zero-order chi connectivity index (χ0) is 14.7. The smallest absolute Gasteiger partial charge is 0.356 e. The number of aryl methyl sites for hydroxylation is 1. The van der Waals surface area contributed by atoms with Crippen LogP contribution in [0, 0.1) is 0 Å². The quantitative estimate of drug-likeness (QED) is 0.787. The van der Waals surface area contributed by atoms with Crippen LogP contribution in [0.3, 0.4) is 0 Å². The van der Waals surface area contributed by atoms with Crippen LogP contribution in [0.2, 0.25) is 0 Å². The summed E-state index contributed by atoms with van der Waals surface area (Å²) in [4.78, 5) is 30.4. The maximum Gasteiger partial charge on any atom is 0.356 e. The summed E-state index contributed by atoms with van der Waals surface area (Å²) in [7, 11) is 0. The van der Waals surface area contributed by atoms with Crippen molar-refractivity contribution in [3.05, 3.63) is 28.4 Å². The predicted octanol–water partition coefficient (Wildman–Crippen LogP) is 2.21. The first-order valence-electron chi connectivity index (χ1n) is 5.93. The predicted molar refractivity (Wildman–Crippen MR) is 72.3 cm³/mol. The summed E-state index contributed by atoms with van der Waals surface area (Å²) >= 11 is 1.01. The van der Waals surface area contributed by atoms with Crippen LogP contribution in [0.15, 0.2) is 10.6 Å². The number of anilines is 1. The first-order valence-corrected chi connectivity index (χ1v) is 6.75. The van der Waals surface area contributed by atoms with E-state index in [-0.39, 0.29) is 22.9 Å². The molecule has 2 aromatic heterocycles. The van der Waals surface area contributed by atoms with Gasteiger partial charge in [0.05, 0.1) is 12.7 Å². The highest BCUT2D eigenvalue weighted by molar-refractivity contribution is 7.17. The molecule has 0 radical (unpaired) electrons. The molecule has 0 aliphatic heterocycles. The van der Waals surface area contributed by atoms with Gasteiger partial charge in [0.25, 0.3) is 0 Å². The van der Waals surface area contributed by atoms with Crippen LogP contribution in [0.4, 0.5) is 5.13 Å². The topological polar surface area (TPSA) is 105 Å². The SMILES string of the molecule is CCc1cnc(CNc2nc(C(=O)O)c(C(C)=O)s2)o1. The fourth-order valence-electron chi connectivity index (χ4n) is 1.52. The van der Waals surface area contributed by atoms with E-state index in [4.69, 9.17) is 9.52 Å². The molecule has 0 saturated carbocycles. The van der Waals surface area contributed by atoms with Gasteiger partial charge in [-0.25, -0.2) is 14.8 Å². The number of hydrogen-bond donors (Lipinski definition) is 2. The van der Waals surface area contributed by atoms with E-state index in [1.165, 1.54) is 6.92 Å². The van der Waals surface area contributed by atoms with Crippen molar-refractivity contribution >= 4 is 28.2 Å². The molecule has 0 aliphatic carbocycles. The van der Waals surface area contributed by atoms with Crippen LogP contribution in [-0.2, 0) is 13.0 Å². The second-order valence-corrected chi connectivity index (χ2v) is 4.98. The van der Waals surface area contributed by atoms with Gasteiger partial charge in [-0.1, -0.05) is 18.3 Å². The minimum atomic E-state index is -1.22. The van der Waals surface area contributed by atoms with Crippen molar-refractivity contribution in [1.29, 1.82) is 0 Å². The number of carboxylic acids is 1. The molecule has 0 unspecified atom stereocenters. The molecule has 0 bridgehead atoms. The lowest BCUT2D eigenvalue weighted by atomic mass is 10.3. The number of aromatic carboxylic acids is 1. The number of carboxylic acid groups (broad SMARTS) is 1. The van der Waals surface area contributed by atoms with Crippen LogP contribution in [0.25, 0.3) is 0 Å². The zero-order valence-corrected chi connectivity index (χ0v) is 11.8. The van der Waals surface area contributed by atoms with E-state index in [0.29, 0.717) is 11.0 Å². The van der Waals surface area contributed by atoms with Crippen molar-refractivity contribution in [2.75, 3.05) is 5.32 Å². The van der Waals surface area contributed by atoms with Crippen LogP contribution < -0.4 is 5.32 Å². The van der Waals surface area contributed by atoms with E-state index in [9.17, 15) is 9.59 Å². The molecule has 8 heteroatoms. The summed E-state index contributed by atoms with van der Waals surface area (Å²) in [6.45, 7) is 3.55. The van der Waals surface area contributed by atoms with Gasteiger partial charge in [0.2, 0.25) is 5.89 Å². The average Bonchev–Trinajstić information content (AvgIpc) is 3.03. The lowest BCUT2D eigenvalue weighted by molar-refractivity contribution is 0.0687. The fourth-order valence-corrected chi connectivity index (χ4v) is 2.37. The molecule has 20 heavy (non-hydrogen) atoms. The van der Waals surface area contributed by atoms with E-state index in [1.807, 2.05) is 6.92 Å². The van der Waals surface area contributed by atoms with E-state index in [0.717, 1.165) is 23.5 Å².